The summed E-state index contributed by atoms with van der Waals surface area (Å²) in [4.78, 5) is 2.11. The van der Waals surface area contributed by atoms with Gasteiger partial charge >= 0.3 is 8.60 Å². The van der Waals surface area contributed by atoms with Crippen molar-refractivity contribution in [1.82, 2.24) is 4.90 Å². The normalized spacial score (nSPS) is 12.8. The Labute approximate surface area is 216 Å². The molecule has 0 radical (unpaired) electrons. The van der Waals surface area contributed by atoms with Crippen LogP contribution in [0.1, 0.15) is 103 Å². The molecule has 2 rings (SSSR count). The molecule has 0 atom stereocenters. The molecule has 0 spiro atoms. The summed E-state index contributed by atoms with van der Waals surface area (Å²) in [5, 5.41) is 0. The first-order valence-corrected chi connectivity index (χ1v) is 13.9. The van der Waals surface area contributed by atoms with Gasteiger partial charge in [-0.1, -0.05) is 106 Å². The first kappa shape index (κ1) is 29.6. The number of hydrogen-bond donors (Lipinski definition) is 0. The Balaban J connectivity index is 2.60. The van der Waals surface area contributed by atoms with E-state index in [9.17, 15) is 0 Å². The molecule has 0 aliphatic heterocycles. The van der Waals surface area contributed by atoms with E-state index in [1.807, 2.05) is 14.1 Å². The monoisotopic (exact) mass is 501 g/mol. The van der Waals surface area contributed by atoms with Crippen molar-refractivity contribution in [3.63, 3.8) is 0 Å². The van der Waals surface area contributed by atoms with Crippen molar-refractivity contribution >= 4 is 8.60 Å². The highest BCUT2D eigenvalue weighted by Crippen LogP contribution is 2.50. The fourth-order valence-electron chi connectivity index (χ4n) is 3.92. The van der Waals surface area contributed by atoms with E-state index in [0.717, 1.165) is 18.0 Å². The molecule has 0 saturated carbocycles. The Hall–Kier alpha value is -1.61. The predicted octanol–water partition coefficient (Wildman–Crippen LogP) is 8.79. The van der Waals surface area contributed by atoms with Crippen molar-refractivity contribution in [2.45, 2.75) is 91.9 Å². The van der Waals surface area contributed by atoms with Gasteiger partial charge in [-0.15, -0.1) is 0 Å². The number of nitrogens with zero attached hydrogens (tertiary/aromatic N) is 1. The third kappa shape index (κ3) is 8.20. The van der Waals surface area contributed by atoms with Gasteiger partial charge in [0.2, 0.25) is 0 Å². The van der Waals surface area contributed by atoms with Gasteiger partial charge in [0.25, 0.3) is 0 Å². The van der Waals surface area contributed by atoms with Gasteiger partial charge in [0.1, 0.15) is 11.5 Å². The van der Waals surface area contributed by atoms with E-state index in [1.54, 1.807) is 0 Å². The molecule has 0 unspecified atom stereocenters. The number of rotatable bonds is 10. The molecule has 0 aliphatic rings. The molecule has 0 N–H and O–H groups in total. The van der Waals surface area contributed by atoms with Gasteiger partial charge in [-0.05, 0) is 47.9 Å². The maximum absolute atomic E-state index is 6.75. The van der Waals surface area contributed by atoms with E-state index in [-0.39, 0.29) is 10.8 Å². The molecule has 0 bridgehead atoms. The predicted molar refractivity (Wildman–Crippen MR) is 151 cm³/mol. The van der Waals surface area contributed by atoms with Crippen LogP contribution in [0.3, 0.4) is 0 Å². The fraction of sp³-hybridized carbons (Fsp3) is 0.600. The minimum absolute atomic E-state index is 0.0721. The topological polar surface area (TPSA) is 30.9 Å². The second-order valence-corrected chi connectivity index (χ2v) is 13.4. The van der Waals surface area contributed by atoms with Crippen LogP contribution in [0.2, 0.25) is 0 Å². The first-order chi connectivity index (χ1) is 16.1. The summed E-state index contributed by atoms with van der Waals surface area (Å²) in [5.74, 6) is 2.42. The maximum atomic E-state index is 6.75. The summed E-state index contributed by atoms with van der Waals surface area (Å²) in [6.07, 6.45) is 0. The van der Waals surface area contributed by atoms with Crippen LogP contribution in [0, 0.1) is 0 Å². The number of hydrogen-bond acceptors (Lipinski definition) is 4. The summed E-state index contributed by atoms with van der Waals surface area (Å²) >= 11 is 0. The van der Waals surface area contributed by atoms with Gasteiger partial charge in [-0.25, -0.2) is 0 Å². The summed E-state index contributed by atoms with van der Waals surface area (Å²) < 4.78 is 19.9. The second kappa shape index (κ2) is 12.1. The molecular weight excluding hydrogens is 453 g/mol. The Morgan fingerprint density at radius 2 is 1.11 bits per heavy atom. The summed E-state index contributed by atoms with van der Waals surface area (Å²) in [5.41, 5.74) is 4.55. The Bertz CT molecular complexity index is 884. The smallest absolute Gasteiger partial charge is 0.417 e. The molecule has 0 aromatic heterocycles. The SMILES string of the molecule is CC(C)c1cccc(C(C)(C)C)c1OP(OCCN(C)C)Oc1c(C(C)C)cccc1C(C)(C)C. The molecule has 35 heavy (non-hydrogen) atoms. The van der Waals surface area contributed by atoms with Crippen LogP contribution in [0.15, 0.2) is 36.4 Å². The highest BCUT2D eigenvalue weighted by molar-refractivity contribution is 7.42. The molecule has 0 saturated heterocycles. The number of likely N-dealkylation sites (N-methyl/N-ethyl adjacent to an activating group) is 1. The van der Waals surface area contributed by atoms with E-state index in [4.69, 9.17) is 13.6 Å². The van der Waals surface area contributed by atoms with E-state index < -0.39 is 8.60 Å². The molecular formula is C30H48NO3P. The van der Waals surface area contributed by atoms with Crippen molar-refractivity contribution in [1.29, 1.82) is 0 Å². The molecule has 0 amide bonds. The van der Waals surface area contributed by atoms with E-state index in [0.29, 0.717) is 18.4 Å². The summed E-state index contributed by atoms with van der Waals surface area (Å²) in [6.45, 7) is 23.5. The molecule has 4 nitrogen and oxygen atoms in total. The third-order valence-electron chi connectivity index (χ3n) is 6.02. The van der Waals surface area contributed by atoms with E-state index >= 15 is 0 Å². The van der Waals surface area contributed by atoms with Gasteiger partial charge in [-0.3, -0.25) is 4.52 Å². The van der Waals surface area contributed by atoms with Crippen LogP contribution < -0.4 is 9.05 Å². The van der Waals surface area contributed by atoms with Gasteiger partial charge in [-0.2, -0.15) is 0 Å². The third-order valence-corrected chi connectivity index (χ3v) is 7.07. The van der Waals surface area contributed by atoms with E-state index in [2.05, 4.69) is 111 Å². The molecule has 196 valence electrons. The molecule has 0 aliphatic carbocycles. The molecule has 2 aromatic rings. The van der Waals surface area contributed by atoms with E-state index in [1.165, 1.54) is 22.3 Å². The van der Waals surface area contributed by atoms with Crippen molar-refractivity contribution in [3.05, 3.63) is 58.7 Å². The zero-order valence-corrected chi connectivity index (χ0v) is 25.0. The lowest BCUT2D eigenvalue weighted by atomic mass is 9.84. The average molecular weight is 502 g/mol. The highest BCUT2D eigenvalue weighted by atomic mass is 31.2. The van der Waals surface area contributed by atoms with Crippen LogP contribution in [0.25, 0.3) is 0 Å². The van der Waals surface area contributed by atoms with Crippen LogP contribution in [-0.2, 0) is 15.4 Å². The zero-order valence-electron chi connectivity index (χ0n) is 24.2. The number of para-hydroxylation sites is 2. The quantitative estimate of drug-likeness (QED) is 0.304. The largest absolute Gasteiger partial charge is 0.463 e. The van der Waals surface area contributed by atoms with Crippen LogP contribution in [-0.4, -0.2) is 32.1 Å². The molecule has 5 heteroatoms. The molecule has 2 aromatic carbocycles. The van der Waals surface area contributed by atoms with Gasteiger partial charge in [0.05, 0.1) is 6.61 Å². The van der Waals surface area contributed by atoms with Crippen molar-refractivity contribution in [2.24, 2.45) is 0 Å². The van der Waals surface area contributed by atoms with Gasteiger partial charge in [0, 0.05) is 17.7 Å². The lowest BCUT2D eigenvalue weighted by molar-refractivity contribution is 0.230. The lowest BCUT2D eigenvalue weighted by Gasteiger charge is -2.30. The highest BCUT2D eigenvalue weighted by Gasteiger charge is 2.30. The average Bonchev–Trinajstić information content (AvgIpc) is 2.71. The maximum Gasteiger partial charge on any atom is 0.463 e. The van der Waals surface area contributed by atoms with Crippen molar-refractivity contribution in [3.8, 4) is 11.5 Å². The first-order valence-electron chi connectivity index (χ1n) is 12.8. The van der Waals surface area contributed by atoms with Crippen LogP contribution in [0.4, 0.5) is 0 Å². The van der Waals surface area contributed by atoms with Crippen molar-refractivity contribution < 1.29 is 13.6 Å². The van der Waals surface area contributed by atoms with Crippen molar-refractivity contribution in [2.75, 3.05) is 27.2 Å². The zero-order chi connectivity index (χ0) is 26.6. The van der Waals surface area contributed by atoms with Crippen LogP contribution >= 0.6 is 8.60 Å². The minimum Gasteiger partial charge on any atom is -0.417 e. The minimum atomic E-state index is -1.68. The van der Waals surface area contributed by atoms with Gasteiger partial charge < -0.3 is 13.9 Å². The Morgan fingerprint density at radius 1 is 0.714 bits per heavy atom. The second-order valence-electron chi connectivity index (χ2n) is 12.3. The molecule has 0 heterocycles. The summed E-state index contributed by atoms with van der Waals surface area (Å²) in [7, 11) is 2.41. The Kier molecular flexibility index (Phi) is 10.2. The van der Waals surface area contributed by atoms with Crippen LogP contribution in [0.5, 0.6) is 11.5 Å². The number of benzene rings is 2. The Morgan fingerprint density at radius 3 is 1.43 bits per heavy atom. The standard InChI is InChI=1S/C30H48NO3P/c1-21(2)23-15-13-17-25(29(5,6)7)27(23)33-35(32-20-19-31(11)12)34-28-24(22(3)4)16-14-18-26(28)30(8,9)10/h13-18,21-22H,19-20H2,1-12H3. The molecule has 0 fully saturated rings. The summed E-state index contributed by atoms with van der Waals surface area (Å²) in [6, 6.07) is 12.9. The lowest BCUT2D eigenvalue weighted by Crippen LogP contribution is -2.20. The van der Waals surface area contributed by atoms with Gasteiger partial charge in [0.15, 0.2) is 0 Å². The fourth-order valence-corrected chi connectivity index (χ4v) is 5.00.